The molecule has 9 unspecified atom stereocenters. The third-order valence-electron chi connectivity index (χ3n) is 16.4. The van der Waals surface area contributed by atoms with Crippen LogP contribution in [0.4, 0.5) is 0 Å². The monoisotopic (exact) mass is 1180 g/mol. The number of esters is 2. The van der Waals surface area contributed by atoms with Crippen LogP contribution < -0.4 is 0 Å². The van der Waals surface area contributed by atoms with Gasteiger partial charge in [0.05, 0.1) is 35.5 Å². The van der Waals surface area contributed by atoms with Crippen LogP contribution in [-0.2, 0) is 82.3 Å². The highest BCUT2D eigenvalue weighted by atomic mass is 16.8. The van der Waals surface area contributed by atoms with Crippen molar-refractivity contribution in [2.24, 2.45) is 11.8 Å². The first-order valence-corrected chi connectivity index (χ1v) is 30.4. The number of aryl methyl sites for hydroxylation is 1. The first-order valence-electron chi connectivity index (χ1n) is 30.4. The molecule has 3 aromatic rings. The molecular weight excluding hydrogens is 1080 g/mol. The second-order valence-electron chi connectivity index (χ2n) is 22.4. The average molecular weight is 1180 g/mol. The minimum Gasteiger partial charge on any atom is -0.450 e. The second-order valence-corrected chi connectivity index (χ2v) is 22.4. The fourth-order valence-electron chi connectivity index (χ4n) is 11.6. The predicted molar refractivity (Wildman–Crippen MR) is 308 cm³/mol. The number of aliphatic hydroxyl groups is 1. The van der Waals surface area contributed by atoms with Crippen molar-refractivity contribution in [1.29, 1.82) is 0 Å². The van der Waals surface area contributed by atoms with Crippen molar-refractivity contribution >= 4 is 23.5 Å². The summed E-state index contributed by atoms with van der Waals surface area (Å²) in [5, 5.41) is 11.4. The van der Waals surface area contributed by atoms with Gasteiger partial charge in [-0.15, -0.1) is 0 Å². The quantitative estimate of drug-likeness (QED) is 0.0469. The van der Waals surface area contributed by atoms with Gasteiger partial charge < -0.3 is 71.4 Å². The van der Waals surface area contributed by atoms with E-state index in [1.54, 1.807) is 60.7 Å². The molecule has 4 heterocycles. The Morgan fingerprint density at radius 1 is 0.452 bits per heavy atom. The van der Waals surface area contributed by atoms with Gasteiger partial charge in [-0.1, -0.05) is 128 Å². The molecule has 4 saturated heterocycles. The van der Waals surface area contributed by atoms with E-state index in [1.807, 2.05) is 40.7 Å². The van der Waals surface area contributed by atoms with Crippen LogP contribution in [0.2, 0.25) is 0 Å². The van der Waals surface area contributed by atoms with Gasteiger partial charge in [0.1, 0.15) is 48.8 Å². The molecule has 0 bridgehead atoms. The van der Waals surface area contributed by atoms with E-state index in [9.17, 15) is 24.3 Å². The summed E-state index contributed by atoms with van der Waals surface area (Å²) in [4.78, 5) is 55.1. The topological polar surface area (TPSA) is 218 Å². The Morgan fingerprint density at radius 2 is 0.881 bits per heavy atom. The van der Waals surface area contributed by atoms with Crippen LogP contribution in [0.1, 0.15) is 139 Å². The number of methoxy groups -OCH3 is 2. The van der Waals surface area contributed by atoms with E-state index >= 15 is 0 Å². The second kappa shape index (κ2) is 33.5. The summed E-state index contributed by atoms with van der Waals surface area (Å²) in [6.07, 6.45) is -11.8. The van der Waals surface area contributed by atoms with Crippen molar-refractivity contribution in [3.63, 3.8) is 0 Å². The van der Waals surface area contributed by atoms with Gasteiger partial charge in [0.2, 0.25) is 0 Å². The molecule has 7 rings (SSSR count). The number of carbonyl (C=O) groups is 4. The van der Waals surface area contributed by atoms with Crippen molar-refractivity contribution in [1.82, 2.24) is 0 Å². The molecule has 0 amide bonds. The Hall–Kier alpha value is -4.58. The maximum Gasteiger partial charge on any atom is 0.338 e. The third-order valence-corrected chi connectivity index (χ3v) is 16.4. The zero-order valence-electron chi connectivity index (χ0n) is 50.7. The summed E-state index contributed by atoms with van der Waals surface area (Å²) in [5.41, 5.74) is 1.80. The van der Waals surface area contributed by atoms with Crippen LogP contribution in [0.15, 0.2) is 91.0 Å². The molecule has 4 aliphatic heterocycles. The van der Waals surface area contributed by atoms with Crippen molar-refractivity contribution in [3.05, 3.63) is 108 Å². The number of ether oxygens (including phenoxy) is 14. The predicted octanol–water partition coefficient (Wildman–Crippen LogP) is 8.95. The van der Waals surface area contributed by atoms with Gasteiger partial charge in [-0.05, 0) is 88.6 Å². The minimum atomic E-state index is -1.51. The van der Waals surface area contributed by atoms with Gasteiger partial charge in [0.25, 0.3) is 0 Å². The summed E-state index contributed by atoms with van der Waals surface area (Å²) in [7, 11) is 2.78. The van der Waals surface area contributed by atoms with E-state index in [-0.39, 0.29) is 23.7 Å². The van der Waals surface area contributed by atoms with Gasteiger partial charge in [0, 0.05) is 45.9 Å². The number of rotatable bonds is 31. The Morgan fingerprint density at radius 3 is 1.36 bits per heavy atom. The highest BCUT2D eigenvalue weighted by molar-refractivity contribution is 5.90. The molecule has 0 aromatic heterocycles. The molecule has 19 nitrogen and oxygen atoms in total. The number of hydrogen-bond donors (Lipinski definition) is 1. The molecule has 20 atom stereocenters. The molecule has 0 radical (unpaired) electrons. The Bertz CT molecular complexity index is 2430. The molecule has 466 valence electrons. The lowest BCUT2D eigenvalue weighted by atomic mass is 9.88. The molecule has 0 spiro atoms. The van der Waals surface area contributed by atoms with Crippen molar-refractivity contribution in [2.45, 2.75) is 230 Å². The molecular formula is C65H92O19. The maximum absolute atomic E-state index is 14.3. The van der Waals surface area contributed by atoms with Gasteiger partial charge in [0.15, 0.2) is 48.9 Å². The lowest BCUT2D eigenvalue weighted by Crippen LogP contribution is -2.67. The molecule has 3 aromatic carbocycles. The summed E-state index contributed by atoms with van der Waals surface area (Å²) >= 11 is 0. The number of Topliss-reactive ketones (excluding diaryl/α,β-unsaturated/α-hetero) is 2. The van der Waals surface area contributed by atoms with E-state index in [0.29, 0.717) is 32.5 Å². The summed E-state index contributed by atoms with van der Waals surface area (Å²) in [5.74, 6) is -3.28. The standard InChI is InChI=1S/C65H92O19/c1-11-15-36-73-51-39(5)49(46(13-3)76-62(51)75-38-28-20-23-31-43-29-21-17-22-30-43)81-65-59(79-61(70)45-34-26-19-27-35-45)56(72-10)57(54(83-65)42(8)67)84-63-52(74-37-16-12-2)40(6)50(47(14-4)77-63)80-64-58(78-60(69)44-32-24-18-25-33-44)55(71-9)48(68)53(82-64)41(7)66/h17-19,21-22,24-27,29-30,32-35,39-40,46-59,62-65,68H,11-16,20,23,28,31,36-38H2,1-10H3/t39-,40-,46?,47?,48-,49-,50-,51?,52?,53?,54?,55+,56+,57-,58?,59?,62?,63-,64+,65+/m0/s1. The van der Waals surface area contributed by atoms with E-state index < -0.39 is 140 Å². The third kappa shape index (κ3) is 17.1. The Labute approximate surface area is 496 Å². The van der Waals surface area contributed by atoms with Crippen LogP contribution in [-0.4, -0.2) is 173 Å². The Kier molecular flexibility index (Phi) is 26.7. The zero-order chi connectivity index (χ0) is 60.3. The van der Waals surface area contributed by atoms with Crippen LogP contribution in [0.25, 0.3) is 0 Å². The highest BCUT2D eigenvalue weighted by Gasteiger charge is 2.58. The molecule has 0 aliphatic carbocycles. The highest BCUT2D eigenvalue weighted by Crippen LogP contribution is 2.41. The molecule has 1 N–H and O–H groups in total. The fourth-order valence-corrected chi connectivity index (χ4v) is 11.6. The number of hydrogen-bond acceptors (Lipinski definition) is 19. The number of carbonyl (C=O) groups excluding carboxylic acids is 4. The van der Waals surface area contributed by atoms with Gasteiger partial charge in [-0.3, -0.25) is 9.59 Å². The van der Waals surface area contributed by atoms with Crippen LogP contribution in [0.5, 0.6) is 0 Å². The molecule has 19 heteroatoms. The molecule has 0 saturated carbocycles. The van der Waals surface area contributed by atoms with Crippen molar-refractivity contribution < 1.29 is 90.6 Å². The Balaban J connectivity index is 1.16. The average Bonchev–Trinajstić information content (AvgIpc) is 1.36. The van der Waals surface area contributed by atoms with E-state index in [4.69, 9.17) is 66.3 Å². The molecule has 84 heavy (non-hydrogen) atoms. The number of ketones is 2. The summed E-state index contributed by atoms with van der Waals surface area (Å²) < 4.78 is 91.8. The SMILES string of the molecule is CCCCOC1C(OCCCCCc2ccccc2)OC(CC)[C@@H](O[C@@H]2OC(C(C)=O)[C@H](O[C@@H]3OC(CC)[C@@H](O[C@@H]4OC(C(C)=O)[C@H](O)[C@@H](OC)C4OC(=O)c4ccccc4)[C@H](C)C3OCCCC)[C@@H](OC)C2OC(=O)c2ccccc2)[C@@H]1C. The number of aliphatic hydroxyl groups excluding tert-OH is 1. The zero-order valence-corrected chi connectivity index (χ0v) is 50.7. The van der Waals surface area contributed by atoms with Gasteiger partial charge in [-0.2, -0.15) is 0 Å². The minimum absolute atomic E-state index is 0.235. The lowest BCUT2D eigenvalue weighted by molar-refractivity contribution is -0.378. The fraction of sp³-hybridized carbons (Fsp3) is 0.662. The van der Waals surface area contributed by atoms with Gasteiger partial charge in [-0.25, -0.2) is 9.59 Å². The van der Waals surface area contributed by atoms with E-state index in [0.717, 1.165) is 44.9 Å². The normalized spacial score (nSPS) is 33.5. The van der Waals surface area contributed by atoms with Gasteiger partial charge >= 0.3 is 11.9 Å². The largest absolute Gasteiger partial charge is 0.450 e. The van der Waals surface area contributed by atoms with E-state index in [2.05, 4.69) is 31.2 Å². The lowest BCUT2D eigenvalue weighted by Gasteiger charge is -2.51. The van der Waals surface area contributed by atoms with Crippen molar-refractivity contribution in [2.75, 3.05) is 34.0 Å². The van der Waals surface area contributed by atoms with Crippen LogP contribution in [0, 0.1) is 11.8 Å². The first kappa shape index (κ1) is 66.9. The van der Waals surface area contributed by atoms with Crippen LogP contribution >= 0.6 is 0 Å². The van der Waals surface area contributed by atoms with E-state index in [1.165, 1.54) is 33.6 Å². The first-order chi connectivity index (χ1) is 40.7. The van der Waals surface area contributed by atoms with Crippen LogP contribution in [0.3, 0.4) is 0 Å². The molecule has 4 fully saturated rings. The molecule has 4 aliphatic rings. The summed E-state index contributed by atoms with van der Waals surface area (Å²) in [6, 6.07) is 27.2. The number of unbranched alkanes of at least 4 members (excludes halogenated alkanes) is 4. The number of benzene rings is 3. The smallest absolute Gasteiger partial charge is 0.338 e. The van der Waals surface area contributed by atoms with Crippen molar-refractivity contribution in [3.8, 4) is 0 Å². The maximum atomic E-state index is 14.3. The summed E-state index contributed by atoms with van der Waals surface area (Å²) in [6.45, 7) is 15.8.